The van der Waals surface area contributed by atoms with Crippen molar-refractivity contribution in [2.75, 3.05) is 11.4 Å². The number of thiophene rings is 1. The summed E-state index contributed by atoms with van der Waals surface area (Å²) in [7, 11) is 0. The van der Waals surface area contributed by atoms with E-state index in [2.05, 4.69) is 19.1 Å². The maximum absolute atomic E-state index is 12.8. The molecule has 1 aromatic carbocycles. The minimum Gasteiger partial charge on any atom is -0.481 e. The molecule has 0 spiro atoms. The summed E-state index contributed by atoms with van der Waals surface area (Å²) < 4.78 is 0. The van der Waals surface area contributed by atoms with Crippen LogP contribution in [-0.2, 0) is 17.6 Å². The Hall–Kier alpha value is -2.14. The van der Waals surface area contributed by atoms with Gasteiger partial charge in [0.25, 0.3) is 5.91 Å². The van der Waals surface area contributed by atoms with E-state index in [9.17, 15) is 9.59 Å². The second kappa shape index (κ2) is 5.57. The molecule has 0 fully saturated rings. The second-order valence-corrected chi connectivity index (χ2v) is 6.60. The van der Waals surface area contributed by atoms with Gasteiger partial charge >= 0.3 is 5.97 Å². The summed E-state index contributed by atoms with van der Waals surface area (Å²) in [5.41, 5.74) is 5.05. The molecule has 1 N–H and O–H groups in total. The zero-order chi connectivity index (χ0) is 15.9. The predicted molar refractivity (Wildman–Crippen MR) is 87.0 cm³/mol. The average Bonchev–Trinajstić information content (AvgIpc) is 3.05. The molecule has 1 aromatic heterocycles. The molecule has 0 bridgehead atoms. The number of carboxylic acid groups (broad SMARTS) is 1. The number of carboxylic acids is 1. The third-order valence-electron chi connectivity index (χ3n) is 4.12. The van der Waals surface area contributed by atoms with Crippen molar-refractivity contribution in [3.8, 4) is 0 Å². The lowest BCUT2D eigenvalue weighted by atomic mass is 10.0. The Kier molecular flexibility index (Phi) is 3.74. The average molecular weight is 315 g/mol. The van der Waals surface area contributed by atoms with Crippen molar-refractivity contribution in [1.29, 1.82) is 0 Å². The van der Waals surface area contributed by atoms with Gasteiger partial charge in [-0.25, -0.2) is 0 Å². The number of amides is 1. The Morgan fingerprint density at radius 3 is 2.73 bits per heavy atom. The fraction of sp³-hybridized carbons (Fsp3) is 0.294. The molecule has 3 rings (SSSR count). The highest BCUT2D eigenvalue weighted by Crippen LogP contribution is 2.33. The van der Waals surface area contributed by atoms with Crippen LogP contribution in [0.25, 0.3) is 0 Å². The highest BCUT2D eigenvalue weighted by atomic mass is 32.1. The minimum atomic E-state index is -0.912. The smallest absolute Gasteiger partial charge is 0.308 e. The molecule has 22 heavy (non-hydrogen) atoms. The van der Waals surface area contributed by atoms with E-state index in [-0.39, 0.29) is 12.3 Å². The zero-order valence-corrected chi connectivity index (χ0v) is 13.4. The predicted octanol–water partition coefficient (Wildman–Crippen LogP) is 3.19. The van der Waals surface area contributed by atoms with E-state index >= 15 is 0 Å². The van der Waals surface area contributed by atoms with E-state index in [1.54, 1.807) is 16.3 Å². The minimum absolute atomic E-state index is 0.0977. The lowest BCUT2D eigenvalue weighted by Crippen LogP contribution is -2.29. The summed E-state index contributed by atoms with van der Waals surface area (Å²) in [6.07, 6.45) is 0.743. The number of nitrogens with zero attached hydrogens (tertiary/aromatic N) is 1. The van der Waals surface area contributed by atoms with Crippen molar-refractivity contribution in [3.63, 3.8) is 0 Å². The summed E-state index contributed by atoms with van der Waals surface area (Å²) in [6.45, 7) is 4.76. The van der Waals surface area contributed by atoms with Gasteiger partial charge in [-0.1, -0.05) is 6.07 Å². The second-order valence-electron chi connectivity index (χ2n) is 5.60. The third-order valence-corrected chi connectivity index (χ3v) is 5.04. The highest BCUT2D eigenvalue weighted by Gasteiger charge is 2.28. The van der Waals surface area contributed by atoms with Gasteiger partial charge in [-0.2, -0.15) is 0 Å². The topological polar surface area (TPSA) is 57.6 Å². The number of anilines is 1. The van der Waals surface area contributed by atoms with Crippen LogP contribution in [-0.4, -0.2) is 23.5 Å². The van der Waals surface area contributed by atoms with Gasteiger partial charge in [0, 0.05) is 17.1 Å². The van der Waals surface area contributed by atoms with Gasteiger partial charge in [0.05, 0.1) is 12.0 Å². The third kappa shape index (κ3) is 2.52. The first-order chi connectivity index (χ1) is 10.5. The molecule has 2 aromatic rings. The van der Waals surface area contributed by atoms with Gasteiger partial charge in [-0.15, -0.1) is 11.3 Å². The molecule has 1 aliphatic rings. The van der Waals surface area contributed by atoms with Crippen molar-refractivity contribution in [2.45, 2.75) is 26.7 Å². The Labute approximate surface area is 133 Å². The Morgan fingerprint density at radius 1 is 1.27 bits per heavy atom. The highest BCUT2D eigenvalue weighted by molar-refractivity contribution is 7.10. The van der Waals surface area contributed by atoms with Gasteiger partial charge in [0.15, 0.2) is 0 Å². The van der Waals surface area contributed by atoms with Gasteiger partial charge < -0.3 is 10.0 Å². The maximum Gasteiger partial charge on any atom is 0.308 e. The van der Waals surface area contributed by atoms with Crippen molar-refractivity contribution < 1.29 is 14.7 Å². The van der Waals surface area contributed by atoms with Gasteiger partial charge in [-0.3, -0.25) is 9.59 Å². The summed E-state index contributed by atoms with van der Waals surface area (Å²) in [6, 6.07) is 5.92. The van der Waals surface area contributed by atoms with E-state index in [4.69, 9.17) is 5.11 Å². The fourth-order valence-corrected chi connectivity index (χ4v) is 3.68. The van der Waals surface area contributed by atoms with Crippen molar-refractivity contribution >= 4 is 28.9 Å². The molecule has 114 valence electrons. The summed E-state index contributed by atoms with van der Waals surface area (Å²) >= 11 is 1.32. The number of fused-ring (bicyclic) bond motifs is 1. The van der Waals surface area contributed by atoms with Gasteiger partial charge in [0.1, 0.15) is 0 Å². The first kappa shape index (κ1) is 14.8. The molecule has 0 atom stereocenters. The molecule has 2 heterocycles. The molecular formula is C17H17NO3S. The van der Waals surface area contributed by atoms with Crippen LogP contribution < -0.4 is 4.90 Å². The van der Waals surface area contributed by atoms with Crippen LogP contribution in [0.1, 0.15) is 31.9 Å². The van der Waals surface area contributed by atoms with Crippen LogP contribution in [0.3, 0.4) is 0 Å². The largest absolute Gasteiger partial charge is 0.481 e. The molecule has 4 nitrogen and oxygen atoms in total. The first-order valence-electron chi connectivity index (χ1n) is 7.17. The van der Waals surface area contributed by atoms with Gasteiger partial charge in [-0.05, 0) is 54.5 Å². The van der Waals surface area contributed by atoms with Crippen LogP contribution in [0.5, 0.6) is 0 Å². The molecule has 0 saturated carbocycles. The number of benzene rings is 1. The fourth-order valence-electron chi connectivity index (χ4n) is 2.83. The molecule has 5 heteroatoms. The van der Waals surface area contributed by atoms with Crippen LogP contribution in [0.4, 0.5) is 5.69 Å². The number of aryl methyl sites for hydroxylation is 2. The number of rotatable bonds is 3. The quantitative estimate of drug-likeness (QED) is 0.946. The van der Waals surface area contributed by atoms with E-state index in [1.165, 1.54) is 22.5 Å². The molecule has 0 unspecified atom stereocenters. The summed E-state index contributed by atoms with van der Waals surface area (Å²) in [4.78, 5) is 26.1. The lowest BCUT2D eigenvalue weighted by molar-refractivity contribution is -0.136. The zero-order valence-electron chi connectivity index (χ0n) is 12.5. The molecule has 0 aliphatic carbocycles. The van der Waals surface area contributed by atoms with Crippen LogP contribution in [0.15, 0.2) is 23.6 Å². The Morgan fingerprint density at radius 2 is 2.00 bits per heavy atom. The molecular weight excluding hydrogens is 298 g/mol. The van der Waals surface area contributed by atoms with Crippen LogP contribution in [0.2, 0.25) is 0 Å². The number of hydrogen-bond acceptors (Lipinski definition) is 3. The maximum atomic E-state index is 12.8. The first-order valence-corrected chi connectivity index (χ1v) is 8.05. The SMILES string of the molecule is Cc1cc2c(cc1C)N(C(=O)c1ccsc1CC(=O)O)CC2. The number of hydrogen-bond donors (Lipinski definition) is 1. The number of carbonyl (C=O) groups excluding carboxylic acids is 1. The summed E-state index contributed by atoms with van der Waals surface area (Å²) in [5, 5.41) is 10.7. The molecule has 0 saturated heterocycles. The van der Waals surface area contributed by atoms with E-state index in [1.807, 2.05) is 6.92 Å². The molecule has 1 aliphatic heterocycles. The molecule has 0 radical (unpaired) electrons. The van der Waals surface area contributed by atoms with Crippen LogP contribution >= 0.6 is 11.3 Å². The molecule has 1 amide bonds. The van der Waals surface area contributed by atoms with E-state index in [0.29, 0.717) is 17.0 Å². The van der Waals surface area contributed by atoms with Crippen molar-refractivity contribution in [2.24, 2.45) is 0 Å². The van der Waals surface area contributed by atoms with E-state index < -0.39 is 5.97 Å². The van der Waals surface area contributed by atoms with Crippen LogP contribution in [0, 0.1) is 13.8 Å². The van der Waals surface area contributed by atoms with Crippen molar-refractivity contribution in [1.82, 2.24) is 0 Å². The Balaban J connectivity index is 1.94. The lowest BCUT2D eigenvalue weighted by Gasteiger charge is -2.18. The van der Waals surface area contributed by atoms with Crippen molar-refractivity contribution in [3.05, 3.63) is 50.7 Å². The number of carbonyl (C=O) groups is 2. The summed E-state index contributed by atoms with van der Waals surface area (Å²) in [5.74, 6) is -1.01. The Bertz CT molecular complexity index is 763. The monoisotopic (exact) mass is 315 g/mol. The number of aliphatic carboxylic acids is 1. The standard InChI is InChI=1S/C17H17NO3S/c1-10-7-12-3-5-18(14(12)8-11(10)2)17(21)13-4-6-22-15(13)9-16(19)20/h4,6-8H,3,5,9H2,1-2H3,(H,19,20). The normalized spacial score (nSPS) is 13.3. The van der Waals surface area contributed by atoms with E-state index in [0.717, 1.165) is 17.7 Å². The van der Waals surface area contributed by atoms with Gasteiger partial charge in [0.2, 0.25) is 0 Å².